The van der Waals surface area contributed by atoms with Gasteiger partial charge in [-0.3, -0.25) is 0 Å². The summed E-state index contributed by atoms with van der Waals surface area (Å²) in [6, 6.07) is 7.46. The minimum absolute atomic E-state index is 0.118. The fourth-order valence-electron chi connectivity index (χ4n) is 3.78. The van der Waals surface area contributed by atoms with Crippen molar-refractivity contribution in [1.82, 2.24) is 5.32 Å². The Hall–Kier alpha value is -0.890. The highest BCUT2D eigenvalue weighted by molar-refractivity contribution is 5.21. The summed E-state index contributed by atoms with van der Waals surface area (Å²) in [7, 11) is 0. The van der Waals surface area contributed by atoms with Crippen LogP contribution in [0.15, 0.2) is 24.3 Å². The summed E-state index contributed by atoms with van der Waals surface area (Å²) in [5, 5.41) is 3.59. The normalized spacial score (nSPS) is 24.0. The van der Waals surface area contributed by atoms with Gasteiger partial charge >= 0.3 is 0 Å². The lowest BCUT2D eigenvalue weighted by Crippen LogP contribution is -2.31. The van der Waals surface area contributed by atoms with Crippen LogP contribution in [-0.4, -0.2) is 6.54 Å². The molecule has 2 rings (SSSR count). The lowest BCUT2D eigenvalue weighted by atomic mass is 9.75. The SMILES string of the molecule is CCCCC1CCC(C(NCC)c2cccc(F)c2)CC1. The zero-order chi connectivity index (χ0) is 15.1. The Balaban J connectivity index is 1.97. The predicted octanol–water partition coefficient (Wildman–Crippen LogP) is 5.47. The van der Waals surface area contributed by atoms with Crippen molar-refractivity contribution < 1.29 is 4.39 Å². The van der Waals surface area contributed by atoms with Gasteiger partial charge in [-0.1, -0.05) is 58.1 Å². The molecule has 21 heavy (non-hydrogen) atoms. The van der Waals surface area contributed by atoms with Gasteiger partial charge in [0.2, 0.25) is 0 Å². The predicted molar refractivity (Wildman–Crippen MR) is 87.8 cm³/mol. The van der Waals surface area contributed by atoms with E-state index in [0.717, 1.165) is 18.0 Å². The fraction of sp³-hybridized carbons (Fsp3) is 0.684. The number of hydrogen-bond donors (Lipinski definition) is 1. The molecule has 1 aliphatic carbocycles. The zero-order valence-electron chi connectivity index (χ0n) is 13.6. The molecule has 0 amide bonds. The van der Waals surface area contributed by atoms with Crippen molar-refractivity contribution in [3.05, 3.63) is 35.6 Å². The number of rotatable bonds is 7. The largest absolute Gasteiger partial charge is 0.310 e. The zero-order valence-corrected chi connectivity index (χ0v) is 13.6. The van der Waals surface area contributed by atoms with Gasteiger partial charge in [-0.2, -0.15) is 0 Å². The number of benzene rings is 1. The van der Waals surface area contributed by atoms with Crippen LogP contribution < -0.4 is 5.32 Å². The van der Waals surface area contributed by atoms with E-state index in [4.69, 9.17) is 0 Å². The second kappa shape index (κ2) is 8.53. The average Bonchev–Trinajstić information content (AvgIpc) is 2.51. The van der Waals surface area contributed by atoms with Gasteiger partial charge in [-0.25, -0.2) is 4.39 Å². The van der Waals surface area contributed by atoms with Crippen molar-refractivity contribution in [1.29, 1.82) is 0 Å². The van der Waals surface area contributed by atoms with Gasteiger partial charge in [0.15, 0.2) is 0 Å². The molecular formula is C19H30FN. The molecule has 0 spiro atoms. The number of nitrogens with one attached hydrogen (secondary N) is 1. The molecule has 1 N–H and O–H groups in total. The van der Waals surface area contributed by atoms with Crippen molar-refractivity contribution in [3.63, 3.8) is 0 Å². The van der Waals surface area contributed by atoms with Crippen LogP contribution in [0.2, 0.25) is 0 Å². The minimum atomic E-state index is -0.118. The number of hydrogen-bond acceptors (Lipinski definition) is 1. The molecule has 1 unspecified atom stereocenters. The van der Waals surface area contributed by atoms with Gasteiger partial charge < -0.3 is 5.32 Å². The molecule has 1 aromatic carbocycles. The highest BCUT2D eigenvalue weighted by Crippen LogP contribution is 2.38. The van der Waals surface area contributed by atoms with Gasteiger partial charge in [0, 0.05) is 6.04 Å². The molecule has 0 bridgehead atoms. The number of unbranched alkanes of at least 4 members (excludes halogenated alkanes) is 1. The van der Waals surface area contributed by atoms with Gasteiger partial charge in [-0.05, 0) is 48.9 Å². The van der Waals surface area contributed by atoms with Crippen LogP contribution in [0.25, 0.3) is 0 Å². The maximum Gasteiger partial charge on any atom is 0.123 e. The van der Waals surface area contributed by atoms with Crippen molar-refractivity contribution in [2.24, 2.45) is 11.8 Å². The fourth-order valence-corrected chi connectivity index (χ4v) is 3.78. The Morgan fingerprint density at radius 3 is 2.57 bits per heavy atom. The molecule has 1 fully saturated rings. The lowest BCUT2D eigenvalue weighted by Gasteiger charge is -2.34. The monoisotopic (exact) mass is 291 g/mol. The topological polar surface area (TPSA) is 12.0 Å². The van der Waals surface area contributed by atoms with E-state index < -0.39 is 0 Å². The summed E-state index contributed by atoms with van der Waals surface area (Å²) in [6.07, 6.45) is 9.34. The summed E-state index contributed by atoms with van der Waals surface area (Å²) in [6.45, 7) is 5.35. The molecular weight excluding hydrogens is 261 g/mol. The van der Waals surface area contributed by atoms with Crippen LogP contribution in [0.1, 0.15) is 70.4 Å². The van der Waals surface area contributed by atoms with Crippen LogP contribution in [0.5, 0.6) is 0 Å². The van der Waals surface area contributed by atoms with Crippen molar-refractivity contribution >= 4 is 0 Å². The van der Waals surface area contributed by atoms with Gasteiger partial charge in [0.25, 0.3) is 0 Å². The van der Waals surface area contributed by atoms with E-state index in [-0.39, 0.29) is 5.82 Å². The van der Waals surface area contributed by atoms with Crippen LogP contribution in [0.3, 0.4) is 0 Å². The van der Waals surface area contributed by atoms with E-state index >= 15 is 0 Å². The van der Waals surface area contributed by atoms with Gasteiger partial charge in [0.05, 0.1) is 0 Å². The van der Waals surface area contributed by atoms with Crippen LogP contribution in [0, 0.1) is 17.7 Å². The van der Waals surface area contributed by atoms with E-state index in [9.17, 15) is 4.39 Å². The molecule has 118 valence electrons. The van der Waals surface area contributed by atoms with Crippen molar-refractivity contribution in [3.8, 4) is 0 Å². The van der Waals surface area contributed by atoms with Crippen LogP contribution in [-0.2, 0) is 0 Å². The van der Waals surface area contributed by atoms with Crippen LogP contribution >= 0.6 is 0 Å². The second-order valence-corrected chi connectivity index (χ2v) is 6.51. The minimum Gasteiger partial charge on any atom is -0.310 e. The molecule has 0 aromatic heterocycles. The average molecular weight is 291 g/mol. The van der Waals surface area contributed by atoms with Gasteiger partial charge in [-0.15, -0.1) is 0 Å². The van der Waals surface area contributed by atoms with Crippen molar-refractivity contribution in [2.45, 2.75) is 64.8 Å². The first kappa shape index (κ1) is 16.5. The van der Waals surface area contributed by atoms with Crippen LogP contribution in [0.4, 0.5) is 4.39 Å². The van der Waals surface area contributed by atoms with Crippen molar-refractivity contribution in [2.75, 3.05) is 6.54 Å². The second-order valence-electron chi connectivity index (χ2n) is 6.51. The molecule has 0 heterocycles. The third-order valence-electron chi connectivity index (χ3n) is 4.96. The molecule has 1 saturated carbocycles. The highest BCUT2D eigenvalue weighted by Gasteiger charge is 2.28. The Labute approximate surface area is 129 Å². The first-order valence-corrected chi connectivity index (χ1v) is 8.73. The van der Waals surface area contributed by atoms with Gasteiger partial charge in [0.1, 0.15) is 5.82 Å². The molecule has 1 aliphatic rings. The summed E-state index contributed by atoms with van der Waals surface area (Å²) in [5.41, 5.74) is 1.12. The molecule has 0 radical (unpaired) electrons. The third-order valence-corrected chi connectivity index (χ3v) is 4.96. The number of halogens is 1. The maximum absolute atomic E-state index is 13.5. The van der Waals surface area contributed by atoms with E-state index in [1.54, 1.807) is 6.07 Å². The first-order valence-electron chi connectivity index (χ1n) is 8.73. The summed E-state index contributed by atoms with van der Waals surface area (Å²) in [5.74, 6) is 1.47. The van der Waals surface area contributed by atoms with E-state index in [2.05, 4.69) is 25.2 Å². The summed E-state index contributed by atoms with van der Waals surface area (Å²) < 4.78 is 13.5. The first-order chi connectivity index (χ1) is 10.2. The quantitative estimate of drug-likeness (QED) is 0.702. The Morgan fingerprint density at radius 2 is 1.95 bits per heavy atom. The Morgan fingerprint density at radius 1 is 1.19 bits per heavy atom. The molecule has 1 nitrogen and oxygen atoms in total. The molecule has 1 aromatic rings. The molecule has 2 heteroatoms. The summed E-state index contributed by atoms with van der Waals surface area (Å²) >= 11 is 0. The summed E-state index contributed by atoms with van der Waals surface area (Å²) in [4.78, 5) is 0. The van der Waals surface area contributed by atoms with E-state index in [0.29, 0.717) is 12.0 Å². The standard InChI is InChI=1S/C19H30FN/c1-3-5-7-15-10-12-16(13-11-15)19(21-4-2)17-8-6-9-18(20)14-17/h6,8-9,14-16,19,21H,3-5,7,10-13H2,1-2H3. The third kappa shape index (κ3) is 4.81. The molecule has 0 aliphatic heterocycles. The lowest BCUT2D eigenvalue weighted by molar-refractivity contribution is 0.214. The molecule has 0 saturated heterocycles. The Kier molecular flexibility index (Phi) is 6.69. The molecule has 1 atom stereocenters. The van der Waals surface area contributed by atoms with E-state index in [1.807, 2.05) is 6.07 Å². The Bertz CT molecular complexity index is 410. The smallest absolute Gasteiger partial charge is 0.123 e. The highest BCUT2D eigenvalue weighted by atomic mass is 19.1. The van der Waals surface area contributed by atoms with E-state index in [1.165, 1.54) is 51.0 Å². The maximum atomic E-state index is 13.5.